The van der Waals surface area contributed by atoms with Crippen LogP contribution in [0.1, 0.15) is 28.8 Å². The van der Waals surface area contributed by atoms with Crippen molar-refractivity contribution in [3.8, 4) is 0 Å². The molecule has 8 heteroatoms. The van der Waals surface area contributed by atoms with Gasteiger partial charge in [-0.2, -0.15) is 0 Å². The van der Waals surface area contributed by atoms with Gasteiger partial charge in [0.25, 0.3) is 0 Å². The van der Waals surface area contributed by atoms with Crippen LogP contribution in [0.4, 0.5) is 10.5 Å². The predicted octanol–water partition coefficient (Wildman–Crippen LogP) is 1.99. The van der Waals surface area contributed by atoms with Crippen molar-refractivity contribution in [1.82, 2.24) is 9.80 Å². The number of hydrogen-bond donors (Lipinski definition) is 0. The van der Waals surface area contributed by atoms with Crippen molar-refractivity contribution in [2.24, 2.45) is 0 Å². The van der Waals surface area contributed by atoms with Gasteiger partial charge in [0.2, 0.25) is 5.91 Å². The molecule has 0 aliphatic carbocycles. The average molecular weight is 405 g/mol. The number of carbonyl (C=O) groups is 5. The van der Waals surface area contributed by atoms with Gasteiger partial charge in [-0.15, -0.1) is 0 Å². The zero-order valence-corrected chi connectivity index (χ0v) is 16.1. The van der Waals surface area contributed by atoms with Crippen LogP contribution in [0.5, 0.6) is 0 Å². The molecule has 2 heterocycles. The van der Waals surface area contributed by atoms with Crippen molar-refractivity contribution in [3.05, 3.63) is 65.7 Å². The number of imide groups is 2. The molecule has 30 heavy (non-hydrogen) atoms. The summed E-state index contributed by atoms with van der Waals surface area (Å²) in [5.41, 5.74) is 1.69. The van der Waals surface area contributed by atoms with Crippen LogP contribution < -0.4 is 4.90 Å². The number of nitrogens with zero attached hydrogens (tertiary/aromatic N) is 3. The van der Waals surface area contributed by atoms with Crippen molar-refractivity contribution in [3.63, 3.8) is 0 Å². The Labute approximate surface area is 172 Å². The zero-order chi connectivity index (χ0) is 21.3. The Balaban J connectivity index is 1.45. The van der Waals surface area contributed by atoms with Crippen LogP contribution in [0.3, 0.4) is 0 Å². The lowest BCUT2D eigenvalue weighted by Crippen LogP contribution is -2.36. The molecule has 0 aromatic heterocycles. The van der Waals surface area contributed by atoms with E-state index in [1.165, 1.54) is 0 Å². The van der Waals surface area contributed by atoms with E-state index in [1.54, 1.807) is 59.5 Å². The number of carbonyl (C=O) groups excluding carboxylic acids is 5. The van der Waals surface area contributed by atoms with E-state index in [9.17, 15) is 24.0 Å². The molecule has 2 aliphatic heterocycles. The Hall–Kier alpha value is -3.81. The standard InChI is InChI=1S/C22H19N3O5/c26-18(16-8-10-17(11-9-16)23-12-4-7-19(23)27)14-25-21(29)20(28)24(22(25)30)13-15-5-2-1-3-6-15/h1-3,5-6,8-11H,4,7,12-14H2. The summed E-state index contributed by atoms with van der Waals surface area (Å²) in [6.07, 6.45) is 1.31. The first-order valence-electron chi connectivity index (χ1n) is 9.60. The molecule has 0 saturated carbocycles. The van der Waals surface area contributed by atoms with Crippen LogP contribution in [0.25, 0.3) is 0 Å². The Morgan fingerprint density at radius 1 is 0.833 bits per heavy atom. The van der Waals surface area contributed by atoms with E-state index in [-0.39, 0.29) is 12.5 Å². The summed E-state index contributed by atoms with van der Waals surface area (Å²) in [5.74, 6) is -2.38. The smallest absolute Gasteiger partial charge is 0.312 e. The van der Waals surface area contributed by atoms with Crippen molar-refractivity contribution in [2.45, 2.75) is 19.4 Å². The number of rotatable bonds is 6. The Kier molecular flexibility index (Phi) is 5.14. The number of ketones is 1. The van der Waals surface area contributed by atoms with Crippen molar-refractivity contribution >= 4 is 35.2 Å². The summed E-state index contributed by atoms with van der Waals surface area (Å²) in [5, 5.41) is 0. The lowest BCUT2D eigenvalue weighted by Gasteiger charge is -2.17. The van der Waals surface area contributed by atoms with Crippen molar-refractivity contribution < 1.29 is 24.0 Å². The molecule has 4 rings (SSSR count). The quantitative estimate of drug-likeness (QED) is 0.416. The van der Waals surface area contributed by atoms with Gasteiger partial charge in [0.1, 0.15) is 0 Å². The first-order valence-corrected chi connectivity index (χ1v) is 9.60. The van der Waals surface area contributed by atoms with Crippen LogP contribution in [-0.2, 0) is 20.9 Å². The van der Waals surface area contributed by atoms with E-state index in [1.807, 2.05) is 0 Å². The molecule has 2 saturated heterocycles. The van der Waals surface area contributed by atoms with E-state index >= 15 is 0 Å². The maximum absolute atomic E-state index is 12.6. The highest BCUT2D eigenvalue weighted by atomic mass is 16.2. The van der Waals surface area contributed by atoms with E-state index in [4.69, 9.17) is 0 Å². The fourth-order valence-electron chi connectivity index (χ4n) is 3.58. The first kappa shape index (κ1) is 19.5. The first-order chi connectivity index (χ1) is 14.5. The van der Waals surface area contributed by atoms with Crippen LogP contribution in [0.2, 0.25) is 0 Å². The molecule has 0 bridgehead atoms. The maximum atomic E-state index is 12.6. The van der Waals surface area contributed by atoms with Crippen molar-refractivity contribution in [2.75, 3.05) is 18.0 Å². The molecular formula is C22H19N3O5. The number of Topliss-reactive ketones (excluding diaryl/α,β-unsaturated/α-hetero) is 1. The molecule has 0 spiro atoms. The minimum atomic E-state index is -1.01. The summed E-state index contributed by atoms with van der Waals surface area (Å²) in [7, 11) is 0. The average Bonchev–Trinajstić information content (AvgIpc) is 3.27. The van der Waals surface area contributed by atoms with Gasteiger partial charge in [0.15, 0.2) is 5.78 Å². The maximum Gasteiger partial charge on any atom is 0.334 e. The second-order valence-electron chi connectivity index (χ2n) is 7.17. The van der Waals surface area contributed by atoms with Crippen LogP contribution in [-0.4, -0.2) is 52.4 Å². The second kappa shape index (κ2) is 7.90. The SMILES string of the molecule is O=C(CN1C(=O)C(=O)N(Cc2ccccc2)C1=O)c1ccc(N2CCCC2=O)cc1. The normalized spacial score (nSPS) is 16.7. The Bertz CT molecular complexity index is 1030. The highest BCUT2D eigenvalue weighted by Gasteiger charge is 2.45. The summed E-state index contributed by atoms with van der Waals surface area (Å²) >= 11 is 0. The molecule has 2 aromatic rings. The molecule has 0 radical (unpaired) electrons. The summed E-state index contributed by atoms with van der Waals surface area (Å²) in [6, 6.07) is 14.5. The fraction of sp³-hybridized carbons (Fsp3) is 0.227. The number of amides is 5. The second-order valence-corrected chi connectivity index (χ2v) is 7.17. The summed E-state index contributed by atoms with van der Waals surface area (Å²) < 4.78 is 0. The van der Waals surface area contributed by atoms with E-state index in [0.29, 0.717) is 34.7 Å². The third-order valence-corrected chi connectivity index (χ3v) is 5.19. The Morgan fingerprint density at radius 2 is 1.50 bits per heavy atom. The molecular weight excluding hydrogens is 386 g/mol. The van der Waals surface area contributed by atoms with Gasteiger partial charge >= 0.3 is 17.8 Å². The van der Waals surface area contributed by atoms with Crippen molar-refractivity contribution in [1.29, 1.82) is 0 Å². The van der Waals surface area contributed by atoms with E-state index in [0.717, 1.165) is 11.3 Å². The van der Waals surface area contributed by atoms with E-state index in [2.05, 4.69) is 0 Å². The molecule has 0 atom stereocenters. The third-order valence-electron chi connectivity index (χ3n) is 5.19. The van der Waals surface area contributed by atoms with Gasteiger partial charge < -0.3 is 4.90 Å². The molecule has 8 nitrogen and oxygen atoms in total. The van der Waals surface area contributed by atoms with Gasteiger partial charge in [-0.1, -0.05) is 30.3 Å². The summed E-state index contributed by atoms with van der Waals surface area (Å²) in [4.78, 5) is 64.7. The largest absolute Gasteiger partial charge is 0.334 e. The van der Waals surface area contributed by atoms with Gasteiger partial charge in [-0.25, -0.2) is 9.69 Å². The zero-order valence-electron chi connectivity index (χ0n) is 16.1. The predicted molar refractivity (Wildman–Crippen MR) is 106 cm³/mol. The minimum absolute atomic E-state index is 0.0342. The van der Waals surface area contributed by atoms with Crippen LogP contribution in [0, 0.1) is 0 Å². The number of benzene rings is 2. The Morgan fingerprint density at radius 3 is 2.13 bits per heavy atom. The fourth-order valence-corrected chi connectivity index (χ4v) is 3.58. The molecule has 2 fully saturated rings. The monoisotopic (exact) mass is 405 g/mol. The molecule has 2 aliphatic rings. The number of urea groups is 1. The topological polar surface area (TPSA) is 95.1 Å². The molecule has 5 amide bonds. The van der Waals surface area contributed by atoms with E-state index < -0.39 is 30.2 Å². The highest BCUT2D eigenvalue weighted by Crippen LogP contribution is 2.22. The molecule has 2 aromatic carbocycles. The lowest BCUT2D eigenvalue weighted by molar-refractivity contribution is -0.143. The third kappa shape index (κ3) is 3.59. The minimum Gasteiger partial charge on any atom is -0.312 e. The van der Waals surface area contributed by atoms with Gasteiger partial charge in [0.05, 0.1) is 13.1 Å². The van der Waals surface area contributed by atoms with Crippen LogP contribution in [0.15, 0.2) is 54.6 Å². The number of anilines is 1. The molecule has 0 N–H and O–H groups in total. The lowest BCUT2D eigenvalue weighted by atomic mass is 10.1. The van der Waals surface area contributed by atoms with Gasteiger partial charge in [0, 0.05) is 24.2 Å². The van der Waals surface area contributed by atoms with Gasteiger partial charge in [-0.3, -0.25) is 24.1 Å². The van der Waals surface area contributed by atoms with Crippen LogP contribution >= 0.6 is 0 Å². The summed E-state index contributed by atoms with van der Waals surface area (Å²) in [6.45, 7) is 0.0897. The molecule has 152 valence electrons. The highest BCUT2D eigenvalue weighted by molar-refractivity contribution is 6.45. The van der Waals surface area contributed by atoms with Gasteiger partial charge in [-0.05, 0) is 36.2 Å². The number of hydrogen-bond acceptors (Lipinski definition) is 5. The molecule has 0 unspecified atom stereocenters.